The predicted molar refractivity (Wildman–Crippen MR) is 163 cm³/mol. The second-order valence-electron chi connectivity index (χ2n) is 11.9. The number of rotatable bonds is 15. The molecule has 0 aliphatic heterocycles. The number of halogens is 2. The smallest absolute Gasteiger partial charge is 0.249 e. The number of aliphatic hydroxyl groups is 1. The Morgan fingerprint density at radius 1 is 1.09 bits per heavy atom. The number of benzene rings is 1. The molecule has 43 heavy (non-hydrogen) atoms. The molecule has 0 saturated carbocycles. The average Bonchev–Trinajstić information content (AvgIpc) is 2.94. The number of hydrogen-bond donors (Lipinski definition) is 3. The lowest BCUT2D eigenvalue weighted by molar-refractivity contribution is -0.132. The number of carbonyl (C=O) groups excluding carboxylic acids is 2. The Hall–Kier alpha value is -3.50. The van der Waals surface area contributed by atoms with Gasteiger partial charge in [-0.1, -0.05) is 45.4 Å². The first-order valence-corrected chi connectivity index (χ1v) is 15.0. The van der Waals surface area contributed by atoms with E-state index in [4.69, 9.17) is 5.73 Å². The third kappa shape index (κ3) is 8.76. The number of carbonyl (C=O) groups is 2. The number of allylic oxidation sites excluding steroid dienone is 2. The maximum atomic E-state index is 14.2. The van der Waals surface area contributed by atoms with Crippen LogP contribution in [0.1, 0.15) is 76.6 Å². The first kappa shape index (κ1) is 34.0. The minimum atomic E-state index is -1.49. The van der Waals surface area contributed by atoms with Gasteiger partial charge in [0, 0.05) is 43.7 Å². The number of amides is 2. The molecule has 2 aromatic rings. The molecule has 0 fully saturated rings. The van der Waals surface area contributed by atoms with Gasteiger partial charge >= 0.3 is 0 Å². The molecule has 4 N–H and O–H groups in total. The van der Waals surface area contributed by atoms with Gasteiger partial charge in [-0.2, -0.15) is 10.2 Å². The van der Waals surface area contributed by atoms with Crippen molar-refractivity contribution in [3.63, 3.8) is 0 Å². The van der Waals surface area contributed by atoms with Crippen LogP contribution >= 0.6 is 0 Å². The number of nitrogens with zero attached hydrogens (tertiary/aromatic N) is 3. The lowest BCUT2D eigenvalue weighted by atomic mass is 9.63. The molecule has 0 spiro atoms. The second kappa shape index (κ2) is 15.3. The Morgan fingerprint density at radius 3 is 2.33 bits per heavy atom. The Bertz CT molecular complexity index is 1320. The summed E-state index contributed by atoms with van der Waals surface area (Å²) in [6.45, 7) is 11.4. The Labute approximate surface area is 253 Å². The predicted octanol–water partition coefficient (Wildman–Crippen LogP) is 4.58. The molecule has 1 aliphatic carbocycles. The van der Waals surface area contributed by atoms with Crippen molar-refractivity contribution in [3.8, 4) is 0 Å². The fourth-order valence-electron chi connectivity index (χ4n) is 5.87. The van der Waals surface area contributed by atoms with Crippen molar-refractivity contribution >= 4 is 11.8 Å². The van der Waals surface area contributed by atoms with E-state index in [-0.39, 0.29) is 36.8 Å². The van der Waals surface area contributed by atoms with Gasteiger partial charge in [-0.3, -0.25) is 9.59 Å². The second-order valence-corrected chi connectivity index (χ2v) is 11.9. The van der Waals surface area contributed by atoms with Gasteiger partial charge in [0.25, 0.3) is 0 Å². The summed E-state index contributed by atoms with van der Waals surface area (Å²) in [5.41, 5.74) is 7.67. The molecule has 8 nitrogen and oxygen atoms in total. The monoisotopic (exact) mass is 597 g/mol. The highest BCUT2D eigenvalue weighted by atomic mass is 19.1. The van der Waals surface area contributed by atoms with Crippen molar-refractivity contribution in [2.45, 2.75) is 78.9 Å². The van der Waals surface area contributed by atoms with Crippen molar-refractivity contribution in [1.29, 1.82) is 0 Å². The van der Waals surface area contributed by atoms with Gasteiger partial charge in [0.05, 0.1) is 23.4 Å². The van der Waals surface area contributed by atoms with Gasteiger partial charge in [-0.25, -0.2) is 8.78 Å². The van der Waals surface area contributed by atoms with Gasteiger partial charge in [-0.15, -0.1) is 0 Å². The molecule has 0 radical (unpaired) electrons. The third-order valence-electron chi connectivity index (χ3n) is 7.89. The van der Waals surface area contributed by atoms with Crippen molar-refractivity contribution in [3.05, 3.63) is 82.2 Å². The largest absolute Gasteiger partial charge is 0.391 e. The standard InChI is InChI=1S/C33H45F2N5O3/c1-6-8-40(9-7-2)31(42)25-10-22(5)16-33(17-25,32(36)43)28(13-23-11-26(34)15-27(35)12-23)30(41)20-37-18-24-14-29(21(3)4)39-38-19-24/h10-12,14-16,19,21,28,30,37,41H,6-9,13,17-18,20H2,1-5H3,(H2,36,43)/t28-,30+,33?/m1/s1. The summed E-state index contributed by atoms with van der Waals surface area (Å²) in [5, 5.41) is 23.1. The third-order valence-corrected chi connectivity index (χ3v) is 7.89. The van der Waals surface area contributed by atoms with Gasteiger partial charge in [0.15, 0.2) is 0 Å². The van der Waals surface area contributed by atoms with E-state index in [0.717, 1.165) is 30.2 Å². The molecule has 3 atom stereocenters. The molecule has 1 aromatic carbocycles. The van der Waals surface area contributed by atoms with E-state index in [1.165, 1.54) is 12.1 Å². The number of primary amides is 1. The molecule has 2 amide bonds. The number of nitrogens with one attached hydrogen (secondary N) is 1. The normalized spacial score (nSPS) is 18.2. The van der Waals surface area contributed by atoms with E-state index in [1.54, 1.807) is 30.2 Å². The number of hydrogen-bond acceptors (Lipinski definition) is 6. The first-order chi connectivity index (χ1) is 20.4. The van der Waals surface area contributed by atoms with Crippen LogP contribution in [0.25, 0.3) is 0 Å². The minimum Gasteiger partial charge on any atom is -0.391 e. The number of aromatic nitrogens is 2. The summed E-state index contributed by atoms with van der Waals surface area (Å²) in [6, 6.07) is 5.08. The Balaban J connectivity index is 1.97. The Morgan fingerprint density at radius 2 is 1.74 bits per heavy atom. The molecular formula is C33H45F2N5O3. The van der Waals surface area contributed by atoms with Crippen LogP contribution in [0.5, 0.6) is 0 Å². The van der Waals surface area contributed by atoms with E-state index in [9.17, 15) is 23.5 Å². The fourth-order valence-corrected chi connectivity index (χ4v) is 5.87. The van der Waals surface area contributed by atoms with Crippen LogP contribution in [0, 0.1) is 23.0 Å². The van der Waals surface area contributed by atoms with Crippen LogP contribution in [0.4, 0.5) is 8.78 Å². The first-order valence-electron chi connectivity index (χ1n) is 15.0. The van der Waals surface area contributed by atoms with Crippen LogP contribution in [0.3, 0.4) is 0 Å². The maximum absolute atomic E-state index is 14.2. The lowest BCUT2D eigenvalue weighted by Gasteiger charge is -2.42. The summed E-state index contributed by atoms with van der Waals surface area (Å²) in [7, 11) is 0. The van der Waals surface area contributed by atoms with Crippen LogP contribution < -0.4 is 11.1 Å². The van der Waals surface area contributed by atoms with Crippen molar-refractivity contribution in [2.75, 3.05) is 19.6 Å². The van der Waals surface area contributed by atoms with Crippen LogP contribution in [-0.4, -0.2) is 57.8 Å². The van der Waals surface area contributed by atoms with Crippen molar-refractivity contribution in [1.82, 2.24) is 20.4 Å². The van der Waals surface area contributed by atoms with Gasteiger partial charge < -0.3 is 21.1 Å². The molecule has 10 heteroatoms. The fraction of sp³-hybridized carbons (Fsp3) is 0.515. The molecule has 3 rings (SSSR count). The van der Waals surface area contributed by atoms with E-state index in [0.29, 0.717) is 30.8 Å². The Kier molecular flexibility index (Phi) is 12.1. The highest BCUT2D eigenvalue weighted by Crippen LogP contribution is 2.44. The zero-order chi connectivity index (χ0) is 31.7. The zero-order valence-corrected chi connectivity index (χ0v) is 25.9. The topological polar surface area (TPSA) is 121 Å². The summed E-state index contributed by atoms with van der Waals surface area (Å²) in [4.78, 5) is 28.8. The highest BCUT2D eigenvalue weighted by Gasteiger charge is 2.48. The molecule has 1 aliphatic rings. The molecule has 0 bridgehead atoms. The molecule has 1 heterocycles. The summed E-state index contributed by atoms with van der Waals surface area (Å²) in [6.07, 6.45) is 5.39. The summed E-state index contributed by atoms with van der Waals surface area (Å²) >= 11 is 0. The van der Waals surface area contributed by atoms with Crippen LogP contribution in [0.15, 0.2) is 53.8 Å². The van der Waals surface area contributed by atoms with E-state index in [2.05, 4.69) is 15.5 Å². The van der Waals surface area contributed by atoms with Crippen molar-refractivity contribution < 1.29 is 23.5 Å². The maximum Gasteiger partial charge on any atom is 0.249 e. The highest BCUT2D eigenvalue weighted by molar-refractivity contribution is 5.96. The van der Waals surface area contributed by atoms with Gasteiger partial charge in [-0.05, 0) is 67.9 Å². The van der Waals surface area contributed by atoms with Crippen LogP contribution in [-0.2, 0) is 22.6 Å². The van der Waals surface area contributed by atoms with E-state index in [1.807, 2.05) is 33.8 Å². The molecule has 234 valence electrons. The molecule has 1 unspecified atom stereocenters. The van der Waals surface area contributed by atoms with Gasteiger partial charge in [0.1, 0.15) is 11.6 Å². The van der Waals surface area contributed by atoms with E-state index >= 15 is 0 Å². The quantitative estimate of drug-likeness (QED) is 0.276. The number of nitrogens with two attached hydrogens (primary N) is 1. The average molecular weight is 598 g/mol. The SMILES string of the molecule is CCCN(CCC)C(=O)C1=CC(C)=CC(C(N)=O)([C@H](Cc2cc(F)cc(F)c2)[C@@H](O)CNCc2cnnc(C(C)C)c2)C1. The van der Waals surface area contributed by atoms with E-state index < -0.39 is 35.0 Å². The van der Waals surface area contributed by atoms with Crippen LogP contribution in [0.2, 0.25) is 0 Å². The zero-order valence-electron chi connectivity index (χ0n) is 25.9. The molecule has 0 saturated heterocycles. The van der Waals surface area contributed by atoms with Gasteiger partial charge in [0.2, 0.25) is 11.8 Å². The number of aliphatic hydroxyl groups excluding tert-OH is 1. The molecular weight excluding hydrogens is 552 g/mol. The lowest BCUT2D eigenvalue weighted by Crippen LogP contribution is -2.51. The minimum absolute atomic E-state index is 0.0337. The summed E-state index contributed by atoms with van der Waals surface area (Å²) in [5.74, 6) is -3.14. The molecule has 1 aromatic heterocycles. The summed E-state index contributed by atoms with van der Waals surface area (Å²) < 4.78 is 28.5. The van der Waals surface area contributed by atoms with Crippen molar-refractivity contribution in [2.24, 2.45) is 17.1 Å².